The number of rotatable bonds is 1. The smallest absolute Gasteiger partial charge is 0.243 e. The fourth-order valence-corrected chi connectivity index (χ4v) is 2.89. The number of piperidine rings is 1. The van der Waals surface area contributed by atoms with Gasteiger partial charge in [0, 0.05) is 25.1 Å². The third-order valence-corrected chi connectivity index (χ3v) is 3.92. The van der Waals surface area contributed by atoms with Crippen molar-refractivity contribution in [1.29, 1.82) is 0 Å². The molecule has 0 aromatic heterocycles. The number of fused-ring (bicyclic) bond motifs is 1. The zero-order chi connectivity index (χ0) is 14.8. The molecule has 108 valence electrons. The summed E-state index contributed by atoms with van der Waals surface area (Å²) in [4.78, 5) is 25.2. The van der Waals surface area contributed by atoms with Crippen molar-refractivity contribution >= 4 is 11.8 Å². The number of hydrogen-bond acceptors (Lipinski definition) is 4. The summed E-state index contributed by atoms with van der Waals surface area (Å²) in [7, 11) is 0. The molecule has 2 heterocycles. The summed E-state index contributed by atoms with van der Waals surface area (Å²) < 4.78 is 0. The minimum Gasteiger partial charge on any atom is -0.384 e. The zero-order valence-corrected chi connectivity index (χ0v) is 11.6. The monoisotopic (exact) mass is 284 g/mol. The number of nitrogens with zero attached hydrogens (tertiary/aromatic N) is 1. The molecule has 2 N–H and O–H groups in total. The lowest BCUT2D eigenvalue weighted by Crippen LogP contribution is -2.50. The average Bonchev–Trinajstić information content (AvgIpc) is 2.87. The van der Waals surface area contributed by atoms with Gasteiger partial charge in [0.05, 0.1) is 6.04 Å². The number of hydrogen-bond donors (Lipinski definition) is 2. The van der Waals surface area contributed by atoms with Crippen LogP contribution >= 0.6 is 0 Å². The molecular formula is C16H16N2O3. The fraction of sp³-hybridized carbons (Fsp3) is 0.375. The van der Waals surface area contributed by atoms with Crippen molar-refractivity contribution in [2.75, 3.05) is 6.61 Å². The molecule has 2 aliphatic heterocycles. The molecule has 1 aromatic rings. The molecule has 1 atom stereocenters. The predicted molar refractivity (Wildman–Crippen MR) is 75.8 cm³/mol. The van der Waals surface area contributed by atoms with Crippen LogP contribution in [0.1, 0.15) is 29.5 Å². The zero-order valence-electron chi connectivity index (χ0n) is 11.6. The van der Waals surface area contributed by atoms with Gasteiger partial charge in [-0.25, -0.2) is 0 Å². The second kappa shape index (κ2) is 5.68. The van der Waals surface area contributed by atoms with Crippen molar-refractivity contribution in [2.45, 2.75) is 32.0 Å². The van der Waals surface area contributed by atoms with Gasteiger partial charge < -0.3 is 5.11 Å². The lowest BCUT2D eigenvalue weighted by Gasteiger charge is -2.29. The van der Waals surface area contributed by atoms with E-state index in [2.05, 4.69) is 22.1 Å². The quantitative estimate of drug-likeness (QED) is 0.569. The SMILES string of the molecule is O=C1CCC(N2Cc3ccc(C#CCO)cc3C2)C(=O)N1. The van der Waals surface area contributed by atoms with Gasteiger partial charge in [-0.2, -0.15) is 0 Å². The van der Waals surface area contributed by atoms with Crippen molar-refractivity contribution in [3.8, 4) is 11.8 Å². The molecule has 0 aliphatic carbocycles. The number of imide groups is 1. The van der Waals surface area contributed by atoms with E-state index in [0.29, 0.717) is 19.4 Å². The highest BCUT2D eigenvalue weighted by Gasteiger charge is 2.34. The minimum absolute atomic E-state index is 0.153. The Labute approximate surface area is 122 Å². The Morgan fingerprint density at radius 1 is 1.29 bits per heavy atom. The van der Waals surface area contributed by atoms with E-state index in [0.717, 1.165) is 17.7 Å². The van der Waals surface area contributed by atoms with Gasteiger partial charge in [-0.3, -0.25) is 19.8 Å². The molecule has 21 heavy (non-hydrogen) atoms. The van der Waals surface area contributed by atoms with Crippen molar-refractivity contribution in [3.63, 3.8) is 0 Å². The van der Waals surface area contributed by atoms with Gasteiger partial charge in [0.1, 0.15) is 6.61 Å². The van der Waals surface area contributed by atoms with Crippen LogP contribution in [-0.4, -0.2) is 34.5 Å². The van der Waals surface area contributed by atoms with Crippen LogP contribution in [0, 0.1) is 11.8 Å². The summed E-state index contributed by atoms with van der Waals surface area (Å²) >= 11 is 0. The Kier molecular flexibility index (Phi) is 3.74. The van der Waals surface area contributed by atoms with Crippen LogP contribution in [0.2, 0.25) is 0 Å². The molecule has 0 radical (unpaired) electrons. The first-order chi connectivity index (χ1) is 10.2. The van der Waals surface area contributed by atoms with Crippen LogP contribution in [0.25, 0.3) is 0 Å². The van der Waals surface area contributed by atoms with Crippen LogP contribution in [0.5, 0.6) is 0 Å². The second-order valence-electron chi connectivity index (χ2n) is 5.32. The molecular weight excluding hydrogens is 268 g/mol. The maximum absolute atomic E-state index is 11.9. The number of benzene rings is 1. The van der Waals surface area contributed by atoms with E-state index < -0.39 is 0 Å². The van der Waals surface area contributed by atoms with Crippen molar-refractivity contribution in [2.24, 2.45) is 0 Å². The molecule has 2 amide bonds. The van der Waals surface area contributed by atoms with Crippen LogP contribution in [0.15, 0.2) is 18.2 Å². The number of nitrogens with one attached hydrogen (secondary N) is 1. The van der Waals surface area contributed by atoms with Gasteiger partial charge in [-0.1, -0.05) is 17.9 Å². The standard InChI is InChI=1S/C16H16N2O3/c19-7-1-2-11-3-4-12-9-18(10-13(12)8-11)14-5-6-15(20)17-16(14)21/h3-4,8,14,19H,5-7,9-10H2,(H,17,20,21). The number of amides is 2. The Bertz CT molecular complexity index is 657. The molecule has 1 saturated heterocycles. The van der Waals surface area contributed by atoms with E-state index in [-0.39, 0.29) is 24.5 Å². The van der Waals surface area contributed by atoms with Gasteiger partial charge in [-0.05, 0) is 29.7 Å². The normalized spacial score (nSPS) is 21.5. The van der Waals surface area contributed by atoms with E-state index in [4.69, 9.17) is 5.11 Å². The second-order valence-corrected chi connectivity index (χ2v) is 5.32. The maximum Gasteiger partial charge on any atom is 0.243 e. The summed E-state index contributed by atoms with van der Waals surface area (Å²) in [6.07, 6.45) is 0.978. The highest BCUT2D eigenvalue weighted by atomic mass is 16.2. The number of carbonyl (C=O) groups excluding carboxylic acids is 2. The minimum atomic E-state index is -0.234. The molecule has 1 unspecified atom stereocenters. The molecule has 0 saturated carbocycles. The Morgan fingerprint density at radius 3 is 2.86 bits per heavy atom. The molecule has 5 nitrogen and oxygen atoms in total. The van der Waals surface area contributed by atoms with Gasteiger partial charge in [-0.15, -0.1) is 0 Å². The highest BCUT2D eigenvalue weighted by Crippen LogP contribution is 2.27. The van der Waals surface area contributed by atoms with Gasteiger partial charge in [0.2, 0.25) is 11.8 Å². The third kappa shape index (κ3) is 2.82. The lowest BCUT2D eigenvalue weighted by molar-refractivity contribution is -0.137. The van der Waals surface area contributed by atoms with Crippen LogP contribution in [0.3, 0.4) is 0 Å². The Balaban J connectivity index is 1.75. The number of aliphatic hydroxyl groups excluding tert-OH is 1. The average molecular weight is 284 g/mol. The Hall–Kier alpha value is -2.16. The summed E-state index contributed by atoms with van der Waals surface area (Å²) in [5, 5.41) is 11.1. The van der Waals surface area contributed by atoms with E-state index >= 15 is 0 Å². The van der Waals surface area contributed by atoms with Crippen LogP contribution < -0.4 is 5.32 Å². The number of carbonyl (C=O) groups is 2. The molecule has 1 fully saturated rings. The molecule has 0 bridgehead atoms. The predicted octanol–water partition coefficient (Wildman–Crippen LogP) is 0.151. The fourth-order valence-electron chi connectivity index (χ4n) is 2.89. The van der Waals surface area contributed by atoms with Gasteiger partial charge >= 0.3 is 0 Å². The molecule has 2 aliphatic rings. The first-order valence-electron chi connectivity index (χ1n) is 6.96. The summed E-state index contributed by atoms with van der Waals surface area (Å²) in [6.45, 7) is 1.26. The van der Waals surface area contributed by atoms with E-state index in [1.165, 1.54) is 5.56 Å². The molecule has 3 rings (SSSR count). The van der Waals surface area contributed by atoms with Crippen LogP contribution in [0.4, 0.5) is 0 Å². The first kappa shape index (κ1) is 13.8. The summed E-state index contributed by atoms with van der Waals surface area (Å²) in [6, 6.07) is 5.71. The molecule has 5 heteroatoms. The Morgan fingerprint density at radius 2 is 2.10 bits per heavy atom. The van der Waals surface area contributed by atoms with E-state index in [9.17, 15) is 9.59 Å². The molecule has 0 spiro atoms. The van der Waals surface area contributed by atoms with Crippen LogP contribution in [-0.2, 0) is 22.7 Å². The summed E-state index contributed by atoms with van der Waals surface area (Å²) in [5.41, 5.74) is 3.21. The maximum atomic E-state index is 11.9. The van der Waals surface area contributed by atoms with Gasteiger partial charge in [0.15, 0.2) is 0 Å². The number of aliphatic hydroxyl groups is 1. The van der Waals surface area contributed by atoms with E-state index in [1.54, 1.807) is 0 Å². The van der Waals surface area contributed by atoms with Gasteiger partial charge in [0.25, 0.3) is 0 Å². The van der Waals surface area contributed by atoms with Crippen molar-refractivity contribution in [3.05, 3.63) is 34.9 Å². The van der Waals surface area contributed by atoms with Crippen molar-refractivity contribution in [1.82, 2.24) is 10.2 Å². The third-order valence-electron chi connectivity index (χ3n) is 3.92. The molecule has 1 aromatic carbocycles. The van der Waals surface area contributed by atoms with E-state index in [1.807, 2.05) is 18.2 Å². The lowest BCUT2D eigenvalue weighted by atomic mass is 10.0. The topological polar surface area (TPSA) is 69.6 Å². The van der Waals surface area contributed by atoms with Crippen molar-refractivity contribution < 1.29 is 14.7 Å². The highest BCUT2D eigenvalue weighted by molar-refractivity contribution is 6.00. The summed E-state index contributed by atoms with van der Waals surface area (Å²) in [5.74, 6) is 5.14. The largest absolute Gasteiger partial charge is 0.384 e. The first-order valence-corrected chi connectivity index (χ1v) is 6.96.